The number of fused-ring (bicyclic) bond motifs is 1. The lowest BCUT2D eigenvalue weighted by atomic mass is 10.0. The Morgan fingerprint density at radius 1 is 1.00 bits per heavy atom. The summed E-state index contributed by atoms with van der Waals surface area (Å²) < 4.78 is 11.2. The van der Waals surface area contributed by atoms with Gasteiger partial charge in [0.2, 0.25) is 0 Å². The van der Waals surface area contributed by atoms with Gasteiger partial charge in [0.1, 0.15) is 18.9 Å². The molecule has 0 saturated carbocycles. The molecule has 5 nitrogen and oxygen atoms in total. The predicted octanol–water partition coefficient (Wildman–Crippen LogP) is 2.91. The number of rotatable bonds is 2. The Balaban J connectivity index is 1.80. The minimum absolute atomic E-state index is 0.578. The Morgan fingerprint density at radius 2 is 1.90 bits per heavy atom. The van der Waals surface area contributed by atoms with Crippen molar-refractivity contribution in [2.75, 3.05) is 13.2 Å². The van der Waals surface area contributed by atoms with Gasteiger partial charge in [0.15, 0.2) is 11.5 Å². The van der Waals surface area contributed by atoms with E-state index in [0.717, 1.165) is 34.0 Å². The average Bonchev–Trinajstić information content (AvgIpc) is 3.05. The normalized spacial score (nSPS) is 13.1. The number of aromatic amines is 1. The molecule has 21 heavy (non-hydrogen) atoms. The number of benzene rings is 1. The largest absolute Gasteiger partial charge is 0.486 e. The molecule has 0 unspecified atom stereocenters. The molecule has 0 amide bonds. The van der Waals surface area contributed by atoms with Gasteiger partial charge in [-0.3, -0.25) is 10.1 Å². The Hall–Kier alpha value is -2.82. The van der Waals surface area contributed by atoms with Gasteiger partial charge in [0.05, 0.1) is 5.69 Å². The zero-order chi connectivity index (χ0) is 14.1. The van der Waals surface area contributed by atoms with Crippen molar-refractivity contribution in [2.45, 2.75) is 0 Å². The molecule has 4 rings (SSSR count). The Bertz CT molecular complexity index is 768. The maximum Gasteiger partial charge on any atom is 0.161 e. The van der Waals surface area contributed by atoms with E-state index in [1.165, 1.54) is 0 Å². The number of aromatic nitrogens is 3. The minimum atomic E-state index is 0.578. The second kappa shape index (κ2) is 4.94. The summed E-state index contributed by atoms with van der Waals surface area (Å²) in [7, 11) is 0. The van der Waals surface area contributed by atoms with Crippen LogP contribution in [0.3, 0.4) is 0 Å². The first-order valence-electron chi connectivity index (χ1n) is 6.77. The summed E-state index contributed by atoms with van der Waals surface area (Å²) in [6.45, 7) is 1.17. The van der Waals surface area contributed by atoms with Gasteiger partial charge in [-0.05, 0) is 29.8 Å². The second-order valence-electron chi connectivity index (χ2n) is 4.72. The third-order valence-electron chi connectivity index (χ3n) is 3.40. The minimum Gasteiger partial charge on any atom is -0.486 e. The summed E-state index contributed by atoms with van der Waals surface area (Å²) in [6.07, 6.45) is 3.63. The van der Waals surface area contributed by atoms with Crippen LogP contribution in [-0.2, 0) is 0 Å². The molecule has 0 radical (unpaired) electrons. The number of H-pyrrole nitrogens is 1. The van der Waals surface area contributed by atoms with E-state index in [0.29, 0.717) is 13.2 Å². The number of hydrogen-bond acceptors (Lipinski definition) is 4. The van der Waals surface area contributed by atoms with E-state index < -0.39 is 0 Å². The molecule has 1 N–H and O–H groups in total. The van der Waals surface area contributed by atoms with E-state index in [4.69, 9.17) is 9.47 Å². The standard InChI is InChI=1S/C16H13N3O2/c1-2-6-17-13(3-1)16-12(10-18-19-16)11-4-5-14-15(9-11)21-8-7-20-14/h1-6,9-10H,7-8H2,(H,18,19). The number of pyridine rings is 1. The lowest BCUT2D eigenvalue weighted by molar-refractivity contribution is 0.171. The zero-order valence-electron chi connectivity index (χ0n) is 11.2. The summed E-state index contributed by atoms with van der Waals surface area (Å²) in [5.74, 6) is 1.56. The van der Waals surface area contributed by atoms with Gasteiger partial charge in [0, 0.05) is 18.0 Å². The molecule has 0 atom stereocenters. The van der Waals surface area contributed by atoms with Crippen LogP contribution in [-0.4, -0.2) is 28.4 Å². The van der Waals surface area contributed by atoms with Crippen molar-refractivity contribution >= 4 is 0 Å². The first-order chi connectivity index (χ1) is 10.4. The van der Waals surface area contributed by atoms with Crippen molar-refractivity contribution in [1.29, 1.82) is 0 Å². The van der Waals surface area contributed by atoms with Crippen molar-refractivity contribution in [3.63, 3.8) is 0 Å². The number of ether oxygens (including phenoxy) is 2. The van der Waals surface area contributed by atoms with E-state index in [2.05, 4.69) is 15.2 Å². The monoisotopic (exact) mass is 279 g/mol. The molecule has 0 spiro atoms. The highest BCUT2D eigenvalue weighted by molar-refractivity contribution is 5.79. The van der Waals surface area contributed by atoms with E-state index in [9.17, 15) is 0 Å². The summed E-state index contributed by atoms with van der Waals surface area (Å²) in [5, 5.41) is 7.23. The molecule has 1 aliphatic heterocycles. The van der Waals surface area contributed by atoms with Crippen molar-refractivity contribution in [1.82, 2.24) is 15.2 Å². The second-order valence-corrected chi connectivity index (χ2v) is 4.72. The van der Waals surface area contributed by atoms with Crippen LogP contribution in [0.25, 0.3) is 22.5 Å². The molecule has 2 aromatic heterocycles. The maximum atomic E-state index is 5.64. The summed E-state index contributed by atoms with van der Waals surface area (Å²) in [4.78, 5) is 4.36. The number of nitrogens with one attached hydrogen (secondary N) is 1. The van der Waals surface area contributed by atoms with E-state index in [1.807, 2.05) is 42.6 Å². The molecule has 0 aliphatic carbocycles. The first kappa shape index (κ1) is 12.0. The SMILES string of the molecule is c1ccc(-c2n[nH]cc2-c2ccc3c(c2)OCCO3)nc1. The summed E-state index contributed by atoms with van der Waals surface area (Å²) in [5.41, 5.74) is 3.68. The quantitative estimate of drug-likeness (QED) is 0.783. The smallest absolute Gasteiger partial charge is 0.161 e. The van der Waals surface area contributed by atoms with E-state index in [-0.39, 0.29) is 0 Å². The van der Waals surface area contributed by atoms with Gasteiger partial charge in [0.25, 0.3) is 0 Å². The molecule has 1 aromatic carbocycles. The fourth-order valence-corrected chi connectivity index (χ4v) is 2.42. The molecular weight excluding hydrogens is 266 g/mol. The number of hydrogen-bond donors (Lipinski definition) is 1. The topological polar surface area (TPSA) is 60.0 Å². The Kier molecular flexibility index (Phi) is 2.81. The van der Waals surface area contributed by atoms with Gasteiger partial charge in [-0.1, -0.05) is 12.1 Å². The molecular formula is C16H13N3O2. The van der Waals surface area contributed by atoms with Crippen molar-refractivity contribution < 1.29 is 9.47 Å². The van der Waals surface area contributed by atoms with Crippen LogP contribution in [0.2, 0.25) is 0 Å². The van der Waals surface area contributed by atoms with Gasteiger partial charge in [-0.15, -0.1) is 0 Å². The fourth-order valence-electron chi connectivity index (χ4n) is 2.42. The molecule has 0 bridgehead atoms. The first-order valence-corrected chi connectivity index (χ1v) is 6.77. The lowest BCUT2D eigenvalue weighted by Crippen LogP contribution is -2.15. The van der Waals surface area contributed by atoms with E-state index in [1.54, 1.807) is 6.20 Å². The third-order valence-corrected chi connectivity index (χ3v) is 3.40. The third kappa shape index (κ3) is 2.12. The zero-order valence-corrected chi connectivity index (χ0v) is 11.2. The van der Waals surface area contributed by atoms with Crippen molar-refractivity contribution in [3.05, 3.63) is 48.8 Å². The van der Waals surface area contributed by atoms with Crippen LogP contribution < -0.4 is 9.47 Å². The van der Waals surface area contributed by atoms with Crippen LogP contribution in [0, 0.1) is 0 Å². The Morgan fingerprint density at radius 3 is 2.76 bits per heavy atom. The average molecular weight is 279 g/mol. The molecule has 3 aromatic rings. The highest BCUT2D eigenvalue weighted by atomic mass is 16.6. The summed E-state index contributed by atoms with van der Waals surface area (Å²) >= 11 is 0. The van der Waals surface area contributed by atoms with Gasteiger partial charge >= 0.3 is 0 Å². The van der Waals surface area contributed by atoms with Crippen LogP contribution in [0.5, 0.6) is 11.5 Å². The molecule has 1 aliphatic rings. The highest BCUT2D eigenvalue weighted by Gasteiger charge is 2.16. The van der Waals surface area contributed by atoms with Gasteiger partial charge < -0.3 is 9.47 Å². The fraction of sp³-hybridized carbons (Fsp3) is 0.125. The highest BCUT2D eigenvalue weighted by Crippen LogP contribution is 2.36. The van der Waals surface area contributed by atoms with Crippen LogP contribution in [0.1, 0.15) is 0 Å². The van der Waals surface area contributed by atoms with Crippen LogP contribution in [0.15, 0.2) is 48.8 Å². The molecule has 3 heterocycles. The maximum absolute atomic E-state index is 5.64. The molecule has 5 heteroatoms. The Labute approximate surface area is 121 Å². The van der Waals surface area contributed by atoms with E-state index >= 15 is 0 Å². The molecule has 0 saturated heterocycles. The predicted molar refractivity (Wildman–Crippen MR) is 78.2 cm³/mol. The van der Waals surface area contributed by atoms with Crippen molar-refractivity contribution in [2.24, 2.45) is 0 Å². The van der Waals surface area contributed by atoms with Crippen LogP contribution in [0.4, 0.5) is 0 Å². The van der Waals surface area contributed by atoms with Gasteiger partial charge in [-0.25, -0.2) is 0 Å². The molecule has 0 fully saturated rings. The summed E-state index contributed by atoms with van der Waals surface area (Å²) in [6, 6.07) is 11.7. The molecule has 104 valence electrons. The van der Waals surface area contributed by atoms with Gasteiger partial charge in [-0.2, -0.15) is 5.10 Å². The number of nitrogens with zero attached hydrogens (tertiary/aromatic N) is 2. The van der Waals surface area contributed by atoms with Crippen molar-refractivity contribution in [3.8, 4) is 34.0 Å². The lowest BCUT2D eigenvalue weighted by Gasteiger charge is -2.18. The van der Waals surface area contributed by atoms with Crippen LogP contribution >= 0.6 is 0 Å².